The first-order chi connectivity index (χ1) is 26.9. The first kappa shape index (κ1) is 47.1. The maximum absolute atomic E-state index is 12.6. The van der Waals surface area contributed by atoms with Crippen LogP contribution in [0.25, 0.3) is 0 Å². The van der Waals surface area contributed by atoms with Gasteiger partial charge in [-0.25, -0.2) is 14.4 Å². The summed E-state index contributed by atoms with van der Waals surface area (Å²) in [5, 5.41) is 18.7. The van der Waals surface area contributed by atoms with Gasteiger partial charge in [-0.15, -0.1) is 0 Å². The van der Waals surface area contributed by atoms with Crippen LogP contribution < -0.4 is 16.0 Å². The van der Waals surface area contributed by atoms with Gasteiger partial charge in [0.25, 0.3) is 0 Å². The number of carbonyl (C=O) groups is 6. The molecular weight excluding hydrogens is 919 g/mol. The van der Waals surface area contributed by atoms with Gasteiger partial charge in [0.05, 0.1) is 12.8 Å². The third-order valence-corrected chi connectivity index (χ3v) is 7.09. The van der Waals surface area contributed by atoms with Crippen molar-refractivity contribution in [3.63, 3.8) is 0 Å². The molecular formula is C37H34B3IrN3O13. The second-order valence-corrected chi connectivity index (χ2v) is 11.2. The normalized spacial score (nSPS) is 9.84. The average molecular weight is 953 g/mol. The van der Waals surface area contributed by atoms with E-state index < -0.39 is 43.2 Å². The molecule has 7 radical (unpaired) electrons. The van der Waals surface area contributed by atoms with E-state index in [0.717, 1.165) is 5.56 Å². The van der Waals surface area contributed by atoms with E-state index in [0.29, 0.717) is 40.4 Å². The molecule has 0 aromatic heterocycles. The van der Waals surface area contributed by atoms with Gasteiger partial charge < -0.3 is 38.3 Å². The number of hydrogen-bond acceptors (Lipinski definition) is 13. The van der Waals surface area contributed by atoms with Gasteiger partial charge in [0, 0.05) is 55.4 Å². The molecule has 0 unspecified atom stereocenters. The summed E-state index contributed by atoms with van der Waals surface area (Å²) >= 11 is 0. The number of rotatable bonds is 15. The van der Waals surface area contributed by atoms with Crippen molar-refractivity contribution >= 4 is 76.8 Å². The molecule has 16 nitrogen and oxygen atoms in total. The Bertz CT molecular complexity index is 1850. The number of methoxy groups -OCH3 is 1. The number of ether oxygens (including phenoxy) is 6. The Balaban J connectivity index is 0.00000271. The van der Waals surface area contributed by atoms with Crippen LogP contribution in [0.2, 0.25) is 0 Å². The molecule has 0 aliphatic heterocycles. The van der Waals surface area contributed by atoms with Gasteiger partial charge in [0.2, 0.25) is 27.4 Å². The minimum absolute atomic E-state index is 0. The van der Waals surface area contributed by atoms with Gasteiger partial charge in [0.1, 0.15) is 38.8 Å². The zero-order chi connectivity index (χ0) is 40.9. The topological polar surface area (TPSA) is 214 Å². The van der Waals surface area contributed by atoms with Crippen LogP contribution in [0.3, 0.4) is 0 Å². The van der Waals surface area contributed by atoms with E-state index in [2.05, 4.69) is 23.8 Å². The number of benzene rings is 4. The predicted molar refractivity (Wildman–Crippen MR) is 204 cm³/mol. The molecule has 0 bridgehead atoms. The maximum Gasteiger partial charge on any atom is 0.411 e. The van der Waals surface area contributed by atoms with Crippen molar-refractivity contribution < 1.29 is 82.4 Å². The van der Waals surface area contributed by atoms with Crippen LogP contribution in [-0.2, 0) is 93.0 Å². The molecule has 0 aliphatic carbocycles. The molecule has 57 heavy (non-hydrogen) atoms. The summed E-state index contributed by atoms with van der Waals surface area (Å²) in [5.74, 6) is -2.16. The Hall–Kier alpha value is -6.10. The average Bonchev–Trinajstić information content (AvgIpc) is 3.17. The standard InChI is InChI=1S/C36H33B2N3O12.CHBO.Ir/c1-48-16-22-2-8-28(9-3-22)39-34(45)51-19-25-14-26(20-52-35(46)40-29-10-4-23(5-11-29)17-49-32(37)43)31(42)27(15-25)21-53-36(47)41-30-12-6-24(7-13-30)18-50-33(38)44;2-1-3;/h2-15,42H,16-21H2,1H3,(H,39,45)(H,40,46)(H,41,47);1H;. The maximum atomic E-state index is 12.6. The van der Waals surface area contributed by atoms with Crippen molar-refractivity contribution in [2.45, 2.75) is 39.6 Å². The van der Waals surface area contributed by atoms with Crippen molar-refractivity contribution in [1.82, 2.24) is 0 Å². The summed E-state index contributed by atoms with van der Waals surface area (Å²) in [6.45, 7) is -0.761. The fourth-order valence-corrected chi connectivity index (χ4v) is 4.56. The molecule has 293 valence electrons. The molecule has 0 fully saturated rings. The van der Waals surface area contributed by atoms with Crippen LogP contribution >= 0.6 is 0 Å². The Morgan fingerprint density at radius 3 is 1.16 bits per heavy atom. The van der Waals surface area contributed by atoms with E-state index in [-0.39, 0.29) is 63.0 Å². The predicted octanol–water partition coefficient (Wildman–Crippen LogP) is 5.74. The van der Waals surface area contributed by atoms with E-state index in [9.17, 15) is 29.1 Å². The molecule has 0 heterocycles. The smallest absolute Gasteiger partial charge is 0.411 e. The van der Waals surface area contributed by atoms with Crippen molar-refractivity contribution in [1.29, 1.82) is 0 Å². The number of aromatic hydroxyl groups is 1. The SMILES string of the molecule is [B]C(=O)OCc1ccc(NC(=O)OCc2cc(COC(=O)Nc3ccc(COC)cc3)cc(COC(=O)Nc3ccc(COC([B])=O)cc3)c2O)cc1.[B]C=O.[Ir]. The minimum Gasteiger partial charge on any atom is -0.507 e. The number of phenols is 1. The van der Waals surface area contributed by atoms with E-state index in [4.69, 9.17) is 48.9 Å². The van der Waals surface area contributed by atoms with Gasteiger partial charge >= 0.3 is 18.3 Å². The summed E-state index contributed by atoms with van der Waals surface area (Å²) < 4.78 is 30.6. The number of anilines is 3. The molecule has 0 saturated carbocycles. The fraction of sp³-hybridized carbons (Fsp3) is 0.189. The molecule has 4 aromatic carbocycles. The summed E-state index contributed by atoms with van der Waals surface area (Å²) in [7, 11) is 15.7. The third-order valence-electron chi connectivity index (χ3n) is 7.09. The summed E-state index contributed by atoms with van der Waals surface area (Å²) in [6, 6.07) is 22.6. The van der Waals surface area contributed by atoms with Crippen LogP contribution in [0.5, 0.6) is 5.75 Å². The number of carbonyl (C=O) groups excluding carboxylic acids is 6. The Labute approximate surface area is 344 Å². The van der Waals surface area contributed by atoms with Crippen molar-refractivity contribution in [2.75, 3.05) is 23.1 Å². The molecule has 3 amide bonds. The summed E-state index contributed by atoms with van der Waals surface area (Å²) in [6.07, 6.45) is -2.22. The summed E-state index contributed by atoms with van der Waals surface area (Å²) in [4.78, 5) is 68.0. The molecule has 4 N–H and O–H groups in total. The van der Waals surface area contributed by atoms with Crippen molar-refractivity contribution in [3.8, 4) is 5.75 Å². The number of phenolic OH excluding ortho intramolecular Hbond substituents is 1. The zero-order valence-corrected chi connectivity index (χ0v) is 32.7. The van der Waals surface area contributed by atoms with Crippen molar-refractivity contribution in [3.05, 3.63) is 118 Å². The van der Waals surface area contributed by atoms with Crippen LogP contribution in [0.1, 0.15) is 33.4 Å². The first-order valence-corrected chi connectivity index (χ1v) is 16.3. The van der Waals surface area contributed by atoms with Gasteiger partial charge in [0.15, 0.2) is 7.85 Å². The quantitative estimate of drug-likeness (QED) is 0.0637. The minimum atomic E-state index is -0.919. The van der Waals surface area contributed by atoms with Crippen LogP contribution in [0, 0.1) is 0 Å². The van der Waals surface area contributed by atoms with Gasteiger partial charge in [-0.2, -0.15) is 0 Å². The number of hydrogen-bond donors (Lipinski definition) is 4. The van der Waals surface area contributed by atoms with Crippen LogP contribution in [-0.4, -0.2) is 72.0 Å². The monoisotopic (exact) mass is 954 g/mol. The first-order valence-electron chi connectivity index (χ1n) is 16.3. The summed E-state index contributed by atoms with van der Waals surface area (Å²) in [5.41, 5.74) is 4.05. The van der Waals surface area contributed by atoms with E-state index in [1.165, 1.54) is 12.1 Å². The molecule has 4 rings (SSSR count). The largest absolute Gasteiger partial charge is 0.507 e. The van der Waals surface area contributed by atoms with Gasteiger partial charge in [-0.05, 0) is 70.8 Å². The van der Waals surface area contributed by atoms with Crippen molar-refractivity contribution in [2.24, 2.45) is 0 Å². The second kappa shape index (κ2) is 25.1. The third kappa shape index (κ3) is 17.9. The molecule has 4 aromatic rings. The molecule has 0 saturated heterocycles. The molecule has 0 spiro atoms. The number of nitrogens with one attached hydrogen (secondary N) is 3. The van der Waals surface area contributed by atoms with Crippen LogP contribution in [0.4, 0.5) is 41.0 Å². The Morgan fingerprint density at radius 2 is 0.842 bits per heavy atom. The van der Waals surface area contributed by atoms with E-state index in [1.807, 2.05) is 0 Å². The number of amides is 3. The van der Waals surface area contributed by atoms with E-state index >= 15 is 0 Å². The zero-order valence-electron chi connectivity index (χ0n) is 30.3. The molecule has 0 atom stereocenters. The Kier molecular flexibility index (Phi) is 20.8. The van der Waals surface area contributed by atoms with Gasteiger partial charge in [-0.3, -0.25) is 25.5 Å². The molecule has 0 aliphatic rings. The Morgan fingerprint density at radius 1 is 0.544 bits per heavy atom. The van der Waals surface area contributed by atoms with E-state index in [1.54, 1.807) is 79.9 Å². The second-order valence-electron chi connectivity index (χ2n) is 11.2. The molecule has 20 heteroatoms. The van der Waals surface area contributed by atoms with Crippen LogP contribution in [0.15, 0.2) is 84.9 Å². The fourth-order valence-electron chi connectivity index (χ4n) is 4.56. The van der Waals surface area contributed by atoms with Gasteiger partial charge in [-0.1, -0.05) is 36.4 Å².